The molecule has 0 spiro atoms. The van der Waals surface area contributed by atoms with E-state index in [0.29, 0.717) is 13.0 Å². The van der Waals surface area contributed by atoms with Crippen LogP contribution < -0.4 is 0 Å². The van der Waals surface area contributed by atoms with Crippen molar-refractivity contribution in [1.29, 1.82) is 0 Å². The molecule has 1 atom stereocenters. The van der Waals surface area contributed by atoms with Gasteiger partial charge < -0.3 is 9.84 Å². The zero-order valence-corrected chi connectivity index (χ0v) is 9.99. The van der Waals surface area contributed by atoms with Crippen LogP contribution in [0.5, 0.6) is 0 Å². The molecule has 0 saturated carbocycles. The minimum atomic E-state index is -0.900. The topological polar surface area (TPSA) is 46.5 Å². The molecule has 0 fully saturated rings. The van der Waals surface area contributed by atoms with Gasteiger partial charge in [-0.05, 0) is 31.9 Å². The fraction of sp³-hybridized carbons (Fsp3) is 0.462. The highest BCUT2D eigenvalue weighted by Gasteiger charge is 2.18. The van der Waals surface area contributed by atoms with Crippen LogP contribution in [0.4, 0.5) is 0 Å². The summed E-state index contributed by atoms with van der Waals surface area (Å²) in [6.07, 6.45) is -0.318. The lowest BCUT2D eigenvalue weighted by Crippen LogP contribution is -2.26. The molecular formula is C13H18O3. The van der Waals surface area contributed by atoms with Crippen LogP contribution in [-0.2, 0) is 16.0 Å². The maximum atomic E-state index is 11.0. The average Bonchev–Trinajstić information content (AvgIpc) is 2.22. The summed E-state index contributed by atoms with van der Waals surface area (Å²) in [6.45, 7) is 6.21. The fourth-order valence-electron chi connectivity index (χ4n) is 1.64. The number of hydrogen-bond acceptors (Lipinski definition) is 2. The van der Waals surface area contributed by atoms with Gasteiger partial charge >= 0.3 is 5.97 Å². The van der Waals surface area contributed by atoms with Gasteiger partial charge in [-0.25, -0.2) is 4.79 Å². The van der Waals surface area contributed by atoms with Gasteiger partial charge in [0.2, 0.25) is 0 Å². The Morgan fingerprint density at radius 1 is 1.44 bits per heavy atom. The molecule has 0 aliphatic carbocycles. The third-order valence-corrected chi connectivity index (χ3v) is 2.55. The first-order valence-electron chi connectivity index (χ1n) is 5.45. The van der Waals surface area contributed by atoms with Gasteiger partial charge in [-0.3, -0.25) is 0 Å². The van der Waals surface area contributed by atoms with E-state index in [9.17, 15) is 4.79 Å². The molecule has 0 amide bonds. The molecule has 0 radical (unpaired) electrons. The largest absolute Gasteiger partial charge is 0.479 e. The third-order valence-electron chi connectivity index (χ3n) is 2.55. The normalized spacial score (nSPS) is 12.4. The number of ether oxygens (including phenoxy) is 1. The Balaban J connectivity index is 2.84. The van der Waals surface area contributed by atoms with Gasteiger partial charge in [0.1, 0.15) is 0 Å². The van der Waals surface area contributed by atoms with E-state index >= 15 is 0 Å². The molecule has 0 aliphatic rings. The zero-order chi connectivity index (χ0) is 12.1. The van der Waals surface area contributed by atoms with Crippen molar-refractivity contribution in [1.82, 2.24) is 0 Å². The third kappa shape index (κ3) is 3.35. The molecule has 0 aromatic heterocycles. The molecule has 1 aromatic carbocycles. The number of aryl methyl sites for hydroxylation is 2. The molecule has 0 bridgehead atoms. The average molecular weight is 222 g/mol. The molecule has 0 heterocycles. The summed E-state index contributed by atoms with van der Waals surface area (Å²) in [5, 5.41) is 9.00. The highest BCUT2D eigenvalue weighted by Crippen LogP contribution is 2.14. The number of benzene rings is 1. The summed E-state index contributed by atoms with van der Waals surface area (Å²) < 4.78 is 5.20. The first kappa shape index (κ1) is 12.7. The molecule has 0 unspecified atom stereocenters. The van der Waals surface area contributed by atoms with Gasteiger partial charge in [0.05, 0.1) is 0 Å². The Bertz CT molecular complexity index is 371. The molecule has 1 rings (SSSR count). The second-order valence-corrected chi connectivity index (χ2v) is 3.92. The van der Waals surface area contributed by atoms with Crippen LogP contribution in [0.25, 0.3) is 0 Å². The second-order valence-electron chi connectivity index (χ2n) is 3.92. The van der Waals surface area contributed by atoms with Gasteiger partial charge in [0.15, 0.2) is 6.10 Å². The molecule has 16 heavy (non-hydrogen) atoms. The Morgan fingerprint density at radius 3 is 2.69 bits per heavy atom. The summed E-state index contributed by atoms with van der Waals surface area (Å²) in [5.41, 5.74) is 3.29. The Hall–Kier alpha value is -1.35. The molecule has 0 saturated heterocycles. The standard InChI is InChI=1S/C13H18O3/c1-4-16-12(13(14)15)8-11-7-9(2)5-6-10(11)3/h5-7,12H,4,8H2,1-3H3,(H,14,15)/t12-/m1/s1. The molecule has 1 N–H and O–H groups in total. The van der Waals surface area contributed by atoms with Crippen molar-refractivity contribution in [3.8, 4) is 0 Å². The molecule has 0 aliphatic heterocycles. The van der Waals surface area contributed by atoms with Gasteiger partial charge in [-0.1, -0.05) is 23.8 Å². The molecule has 3 nitrogen and oxygen atoms in total. The van der Waals surface area contributed by atoms with E-state index in [1.54, 1.807) is 6.92 Å². The quantitative estimate of drug-likeness (QED) is 0.831. The SMILES string of the molecule is CCO[C@H](Cc1cc(C)ccc1C)C(=O)O. The van der Waals surface area contributed by atoms with Gasteiger partial charge in [0.25, 0.3) is 0 Å². The molecular weight excluding hydrogens is 204 g/mol. The highest BCUT2D eigenvalue weighted by atomic mass is 16.5. The minimum Gasteiger partial charge on any atom is -0.479 e. The number of carboxylic acid groups (broad SMARTS) is 1. The zero-order valence-electron chi connectivity index (χ0n) is 9.99. The first-order chi connectivity index (χ1) is 7.54. The van der Waals surface area contributed by atoms with Gasteiger partial charge in [0, 0.05) is 13.0 Å². The number of carbonyl (C=O) groups is 1. The van der Waals surface area contributed by atoms with Crippen LogP contribution in [0.1, 0.15) is 23.6 Å². The van der Waals surface area contributed by atoms with E-state index in [2.05, 4.69) is 0 Å². The minimum absolute atomic E-state index is 0.418. The van der Waals surface area contributed by atoms with Crippen molar-refractivity contribution in [2.45, 2.75) is 33.3 Å². The van der Waals surface area contributed by atoms with E-state index in [1.165, 1.54) is 0 Å². The predicted octanol–water partition coefficient (Wildman–Crippen LogP) is 2.34. The molecule has 88 valence electrons. The lowest BCUT2D eigenvalue weighted by Gasteiger charge is -2.14. The number of rotatable bonds is 5. The van der Waals surface area contributed by atoms with Crippen LogP contribution in [-0.4, -0.2) is 23.8 Å². The maximum Gasteiger partial charge on any atom is 0.333 e. The highest BCUT2D eigenvalue weighted by molar-refractivity contribution is 5.72. The van der Waals surface area contributed by atoms with E-state index in [1.807, 2.05) is 32.0 Å². The van der Waals surface area contributed by atoms with Crippen LogP contribution in [0.3, 0.4) is 0 Å². The number of aliphatic carboxylic acids is 1. The van der Waals surface area contributed by atoms with Gasteiger partial charge in [-0.2, -0.15) is 0 Å². The van der Waals surface area contributed by atoms with Crippen molar-refractivity contribution in [2.75, 3.05) is 6.61 Å². The monoisotopic (exact) mass is 222 g/mol. The number of hydrogen-bond donors (Lipinski definition) is 1. The van der Waals surface area contributed by atoms with Crippen LogP contribution >= 0.6 is 0 Å². The lowest BCUT2D eigenvalue weighted by atomic mass is 10.00. The second kappa shape index (κ2) is 5.66. The van der Waals surface area contributed by atoms with E-state index in [-0.39, 0.29) is 0 Å². The Labute approximate surface area is 96.1 Å². The fourth-order valence-corrected chi connectivity index (χ4v) is 1.64. The van der Waals surface area contributed by atoms with Crippen molar-refractivity contribution in [2.24, 2.45) is 0 Å². The maximum absolute atomic E-state index is 11.0. The van der Waals surface area contributed by atoms with Crippen LogP contribution in [0.2, 0.25) is 0 Å². The van der Waals surface area contributed by atoms with Crippen LogP contribution in [0, 0.1) is 13.8 Å². The van der Waals surface area contributed by atoms with Crippen LogP contribution in [0.15, 0.2) is 18.2 Å². The smallest absolute Gasteiger partial charge is 0.333 e. The first-order valence-corrected chi connectivity index (χ1v) is 5.45. The van der Waals surface area contributed by atoms with E-state index < -0.39 is 12.1 Å². The van der Waals surface area contributed by atoms with E-state index in [0.717, 1.165) is 16.7 Å². The van der Waals surface area contributed by atoms with Crippen molar-refractivity contribution >= 4 is 5.97 Å². The lowest BCUT2D eigenvalue weighted by molar-refractivity contribution is -0.149. The van der Waals surface area contributed by atoms with Crippen molar-refractivity contribution in [3.05, 3.63) is 34.9 Å². The predicted molar refractivity (Wildman–Crippen MR) is 62.7 cm³/mol. The van der Waals surface area contributed by atoms with Crippen molar-refractivity contribution in [3.63, 3.8) is 0 Å². The summed E-state index contributed by atoms with van der Waals surface area (Å²) in [5.74, 6) is -0.900. The molecule has 3 heteroatoms. The Kier molecular flexibility index (Phi) is 4.50. The summed E-state index contributed by atoms with van der Waals surface area (Å²) >= 11 is 0. The summed E-state index contributed by atoms with van der Waals surface area (Å²) in [7, 11) is 0. The summed E-state index contributed by atoms with van der Waals surface area (Å²) in [6, 6.07) is 6.05. The Morgan fingerprint density at radius 2 is 2.12 bits per heavy atom. The number of carboxylic acids is 1. The van der Waals surface area contributed by atoms with Crippen molar-refractivity contribution < 1.29 is 14.6 Å². The van der Waals surface area contributed by atoms with E-state index in [4.69, 9.17) is 9.84 Å². The van der Waals surface area contributed by atoms with Gasteiger partial charge in [-0.15, -0.1) is 0 Å². The summed E-state index contributed by atoms with van der Waals surface area (Å²) in [4.78, 5) is 11.0. The molecule has 1 aromatic rings.